The summed E-state index contributed by atoms with van der Waals surface area (Å²) in [6.45, 7) is 5.41. The van der Waals surface area contributed by atoms with E-state index in [9.17, 15) is 9.59 Å². The summed E-state index contributed by atoms with van der Waals surface area (Å²) >= 11 is 0. The highest BCUT2D eigenvalue weighted by atomic mass is 16.4. The number of carboxylic acids is 1. The number of aromatic nitrogens is 1. The molecule has 18 heavy (non-hydrogen) atoms. The van der Waals surface area contributed by atoms with Crippen LogP contribution in [-0.4, -0.2) is 22.0 Å². The zero-order chi connectivity index (χ0) is 13.5. The summed E-state index contributed by atoms with van der Waals surface area (Å²) in [7, 11) is 0. The average Bonchev–Trinajstić information content (AvgIpc) is 2.81. The van der Waals surface area contributed by atoms with Crippen LogP contribution < -0.4 is 5.32 Å². The van der Waals surface area contributed by atoms with Gasteiger partial charge in [-0.25, -0.2) is 4.98 Å². The predicted molar refractivity (Wildman–Crippen MR) is 66.0 cm³/mol. The van der Waals surface area contributed by atoms with Gasteiger partial charge in [0.1, 0.15) is 5.82 Å². The normalized spacial score (nSPS) is 24.4. The second-order valence-corrected chi connectivity index (χ2v) is 5.27. The maximum Gasteiger partial charge on any atom is 0.307 e. The highest BCUT2D eigenvalue weighted by Crippen LogP contribution is 2.58. The number of nitrogens with zero attached hydrogens (tertiary/aromatic N) is 1. The van der Waals surface area contributed by atoms with Gasteiger partial charge in [0.15, 0.2) is 0 Å². The molecule has 5 nitrogen and oxygen atoms in total. The number of rotatable bonds is 3. The lowest BCUT2D eigenvalue weighted by Gasteiger charge is -2.05. The van der Waals surface area contributed by atoms with E-state index in [1.165, 1.54) is 0 Å². The molecule has 1 aromatic heterocycles. The Morgan fingerprint density at radius 1 is 1.33 bits per heavy atom. The van der Waals surface area contributed by atoms with Crippen LogP contribution in [0.3, 0.4) is 0 Å². The van der Waals surface area contributed by atoms with Gasteiger partial charge in [0.2, 0.25) is 5.91 Å². The lowest BCUT2D eigenvalue weighted by atomic mass is 10.1. The van der Waals surface area contributed by atoms with Gasteiger partial charge >= 0.3 is 5.97 Å². The van der Waals surface area contributed by atoms with Crippen LogP contribution in [-0.2, 0) is 9.59 Å². The second-order valence-electron chi connectivity index (χ2n) is 5.27. The van der Waals surface area contributed by atoms with E-state index in [4.69, 9.17) is 5.11 Å². The molecule has 1 aliphatic carbocycles. The van der Waals surface area contributed by atoms with Gasteiger partial charge < -0.3 is 10.4 Å². The van der Waals surface area contributed by atoms with Crippen LogP contribution >= 0.6 is 0 Å². The number of aryl methyl sites for hydroxylation is 1. The summed E-state index contributed by atoms with van der Waals surface area (Å²) in [6.07, 6.45) is 0. The first-order valence-corrected chi connectivity index (χ1v) is 5.81. The quantitative estimate of drug-likeness (QED) is 0.853. The highest BCUT2D eigenvalue weighted by Gasteiger charge is 2.65. The van der Waals surface area contributed by atoms with Crippen molar-refractivity contribution in [1.29, 1.82) is 0 Å². The van der Waals surface area contributed by atoms with Crippen molar-refractivity contribution in [2.75, 3.05) is 5.32 Å². The maximum atomic E-state index is 12.0. The Bertz CT molecular complexity index is 511. The Morgan fingerprint density at radius 3 is 2.50 bits per heavy atom. The van der Waals surface area contributed by atoms with Crippen molar-refractivity contribution in [3.05, 3.63) is 23.9 Å². The lowest BCUT2D eigenvalue weighted by molar-refractivity contribution is -0.140. The number of hydrogen-bond acceptors (Lipinski definition) is 3. The molecular formula is C13H16N2O3. The molecule has 0 saturated heterocycles. The average molecular weight is 248 g/mol. The molecule has 1 fully saturated rings. The number of anilines is 1. The molecule has 0 radical (unpaired) electrons. The Morgan fingerprint density at radius 2 is 2.00 bits per heavy atom. The standard InChI is InChI=1S/C13H16N2O3/c1-7-5-4-6-8(14-7)15-11(16)9-10(12(17)18)13(9,2)3/h4-6,9-10H,1-3H3,(H,17,18)(H,14,15,16). The summed E-state index contributed by atoms with van der Waals surface area (Å²) in [6, 6.07) is 5.32. The van der Waals surface area contributed by atoms with Gasteiger partial charge in [0.25, 0.3) is 0 Å². The molecule has 2 unspecified atom stereocenters. The first kappa shape index (κ1) is 12.5. The van der Waals surface area contributed by atoms with Gasteiger partial charge in [-0.3, -0.25) is 9.59 Å². The monoisotopic (exact) mass is 248 g/mol. The van der Waals surface area contributed by atoms with Crippen molar-refractivity contribution in [2.45, 2.75) is 20.8 Å². The van der Waals surface area contributed by atoms with Crippen LogP contribution in [0.1, 0.15) is 19.5 Å². The fraction of sp³-hybridized carbons (Fsp3) is 0.462. The molecule has 1 amide bonds. The van der Waals surface area contributed by atoms with Crippen LogP contribution in [0.15, 0.2) is 18.2 Å². The third-order valence-electron chi connectivity index (χ3n) is 3.52. The number of carbonyl (C=O) groups excluding carboxylic acids is 1. The Kier molecular flexibility index (Phi) is 2.84. The molecular weight excluding hydrogens is 232 g/mol. The van der Waals surface area contributed by atoms with Crippen molar-refractivity contribution in [2.24, 2.45) is 17.3 Å². The van der Waals surface area contributed by atoms with Crippen molar-refractivity contribution in [1.82, 2.24) is 4.98 Å². The molecule has 0 aliphatic heterocycles. The molecule has 0 spiro atoms. The van der Waals surface area contributed by atoms with E-state index in [0.717, 1.165) is 5.69 Å². The van der Waals surface area contributed by atoms with Crippen LogP contribution in [0, 0.1) is 24.2 Å². The molecule has 1 aliphatic rings. The third kappa shape index (κ3) is 2.08. The van der Waals surface area contributed by atoms with Crippen LogP contribution in [0.25, 0.3) is 0 Å². The van der Waals surface area contributed by atoms with Crippen molar-refractivity contribution < 1.29 is 14.7 Å². The maximum absolute atomic E-state index is 12.0. The second kappa shape index (κ2) is 4.08. The number of pyridine rings is 1. The van der Waals surface area contributed by atoms with Crippen LogP contribution in [0.2, 0.25) is 0 Å². The predicted octanol–water partition coefficient (Wildman–Crippen LogP) is 1.69. The minimum Gasteiger partial charge on any atom is -0.481 e. The van der Waals surface area contributed by atoms with Gasteiger partial charge in [0, 0.05) is 5.69 Å². The first-order valence-electron chi connectivity index (χ1n) is 5.81. The smallest absolute Gasteiger partial charge is 0.307 e. The molecule has 5 heteroatoms. The molecule has 1 aromatic rings. The topological polar surface area (TPSA) is 79.3 Å². The zero-order valence-electron chi connectivity index (χ0n) is 10.6. The third-order valence-corrected chi connectivity index (χ3v) is 3.52. The fourth-order valence-electron chi connectivity index (χ4n) is 2.40. The van der Waals surface area contributed by atoms with E-state index in [1.807, 2.05) is 13.0 Å². The summed E-state index contributed by atoms with van der Waals surface area (Å²) < 4.78 is 0. The number of carboxylic acid groups (broad SMARTS) is 1. The van der Waals surface area contributed by atoms with Crippen molar-refractivity contribution in [3.63, 3.8) is 0 Å². The largest absolute Gasteiger partial charge is 0.481 e. The minimum atomic E-state index is -0.919. The molecule has 2 rings (SSSR count). The number of amides is 1. The molecule has 0 aromatic carbocycles. The summed E-state index contributed by atoms with van der Waals surface area (Å²) in [5, 5.41) is 11.7. The van der Waals surface area contributed by atoms with E-state index in [-0.39, 0.29) is 5.91 Å². The van der Waals surface area contributed by atoms with Crippen LogP contribution in [0.5, 0.6) is 0 Å². The zero-order valence-corrected chi connectivity index (χ0v) is 10.6. The van der Waals surface area contributed by atoms with Crippen molar-refractivity contribution in [3.8, 4) is 0 Å². The number of nitrogens with one attached hydrogen (secondary N) is 1. The Hall–Kier alpha value is -1.91. The van der Waals surface area contributed by atoms with E-state index in [1.54, 1.807) is 26.0 Å². The molecule has 1 saturated carbocycles. The molecule has 96 valence electrons. The number of carbonyl (C=O) groups is 2. The van der Waals surface area contributed by atoms with Gasteiger partial charge in [-0.1, -0.05) is 19.9 Å². The summed E-state index contributed by atoms with van der Waals surface area (Å²) in [5.74, 6) is -1.82. The molecule has 2 atom stereocenters. The highest BCUT2D eigenvalue weighted by molar-refractivity contribution is 5.99. The molecule has 0 bridgehead atoms. The number of hydrogen-bond donors (Lipinski definition) is 2. The Balaban J connectivity index is 2.08. The van der Waals surface area contributed by atoms with Gasteiger partial charge in [-0.05, 0) is 24.5 Å². The van der Waals surface area contributed by atoms with E-state index >= 15 is 0 Å². The van der Waals surface area contributed by atoms with Gasteiger partial charge in [-0.2, -0.15) is 0 Å². The lowest BCUT2D eigenvalue weighted by Crippen LogP contribution is -2.18. The van der Waals surface area contributed by atoms with E-state index in [2.05, 4.69) is 10.3 Å². The first-order chi connectivity index (χ1) is 8.34. The van der Waals surface area contributed by atoms with Crippen LogP contribution in [0.4, 0.5) is 5.82 Å². The van der Waals surface area contributed by atoms with Gasteiger partial charge in [0.05, 0.1) is 11.8 Å². The minimum absolute atomic E-state index is 0.273. The van der Waals surface area contributed by atoms with Crippen molar-refractivity contribution >= 4 is 17.7 Å². The molecule has 2 N–H and O–H groups in total. The van der Waals surface area contributed by atoms with E-state index in [0.29, 0.717) is 5.82 Å². The fourth-order valence-corrected chi connectivity index (χ4v) is 2.40. The summed E-state index contributed by atoms with van der Waals surface area (Å²) in [5.41, 5.74) is 0.317. The number of aliphatic carboxylic acids is 1. The van der Waals surface area contributed by atoms with E-state index < -0.39 is 23.2 Å². The Labute approximate surface area is 105 Å². The molecule has 1 heterocycles. The summed E-state index contributed by atoms with van der Waals surface area (Å²) in [4.78, 5) is 27.2. The SMILES string of the molecule is Cc1cccc(NC(=O)C2C(C(=O)O)C2(C)C)n1. The van der Waals surface area contributed by atoms with Gasteiger partial charge in [-0.15, -0.1) is 0 Å².